The number of nitrogens with zero attached hydrogens (tertiary/aromatic N) is 3. The Morgan fingerprint density at radius 2 is 1.88 bits per heavy atom. The summed E-state index contributed by atoms with van der Waals surface area (Å²) in [7, 11) is 0. The van der Waals surface area contributed by atoms with Crippen molar-refractivity contribution < 1.29 is 13.3 Å². The average Bonchev–Trinajstić information content (AvgIpc) is 3.22. The van der Waals surface area contributed by atoms with Crippen LogP contribution in [0.1, 0.15) is 31.0 Å². The molecular weight excluding hydrogens is 336 g/mol. The maximum atomic E-state index is 14.0. The molecule has 2 heterocycles. The van der Waals surface area contributed by atoms with E-state index in [4.69, 9.17) is 4.52 Å². The van der Waals surface area contributed by atoms with Crippen LogP contribution in [0.5, 0.6) is 0 Å². The van der Waals surface area contributed by atoms with Crippen molar-refractivity contribution in [2.24, 2.45) is 0 Å². The molecule has 0 saturated carbocycles. The van der Waals surface area contributed by atoms with Gasteiger partial charge in [0.25, 0.3) is 5.89 Å². The van der Waals surface area contributed by atoms with Crippen molar-refractivity contribution >= 4 is 10.9 Å². The van der Waals surface area contributed by atoms with E-state index in [1.54, 1.807) is 25.1 Å². The van der Waals surface area contributed by atoms with Gasteiger partial charge >= 0.3 is 0 Å². The fraction of sp³-hybridized carbons (Fsp3) is 0.200. The van der Waals surface area contributed by atoms with Crippen LogP contribution in [-0.4, -0.2) is 14.7 Å². The first kappa shape index (κ1) is 16.4. The molecule has 0 spiro atoms. The molecule has 2 aromatic heterocycles. The Labute approximate surface area is 149 Å². The van der Waals surface area contributed by atoms with Gasteiger partial charge in [0.15, 0.2) is 6.33 Å². The lowest BCUT2D eigenvalue weighted by molar-refractivity contribution is 0.429. The largest absolute Gasteiger partial charge is 0.334 e. The quantitative estimate of drug-likeness (QED) is 0.496. The third-order valence-corrected chi connectivity index (χ3v) is 4.49. The summed E-state index contributed by atoms with van der Waals surface area (Å²) < 4.78 is 35.1. The van der Waals surface area contributed by atoms with Crippen molar-refractivity contribution in [3.8, 4) is 17.1 Å². The van der Waals surface area contributed by atoms with E-state index in [1.165, 1.54) is 24.5 Å². The Hall–Kier alpha value is -3.02. The zero-order valence-electron chi connectivity index (χ0n) is 14.6. The minimum atomic E-state index is -0.346. The van der Waals surface area contributed by atoms with E-state index in [0.717, 1.165) is 16.9 Å². The Bertz CT molecular complexity index is 1100. The lowest BCUT2D eigenvalue weighted by atomic mass is 10.0. The molecule has 0 aliphatic rings. The van der Waals surface area contributed by atoms with E-state index >= 15 is 0 Å². The van der Waals surface area contributed by atoms with E-state index in [0.29, 0.717) is 22.4 Å². The fourth-order valence-corrected chi connectivity index (χ4v) is 3.38. The van der Waals surface area contributed by atoms with Crippen LogP contribution in [-0.2, 0) is 0 Å². The van der Waals surface area contributed by atoms with Gasteiger partial charge in [0.1, 0.15) is 11.6 Å². The Morgan fingerprint density at radius 3 is 2.54 bits per heavy atom. The molecule has 26 heavy (non-hydrogen) atoms. The van der Waals surface area contributed by atoms with Gasteiger partial charge in [-0.2, -0.15) is 4.98 Å². The molecule has 4 nitrogen and oxygen atoms in total. The predicted molar refractivity (Wildman–Crippen MR) is 95.3 cm³/mol. The van der Waals surface area contributed by atoms with Crippen LogP contribution in [0.3, 0.4) is 0 Å². The van der Waals surface area contributed by atoms with Gasteiger partial charge in [0.2, 0.25) is 0 Å². The van der Waals surface area contributed by atoms with Crippen LogP contribution >= 0.6 is 0 Å². The number of aryl methyl sites for hydroxylation is 1. The van der Waals surface area contributed by atoms with Crippen molar-refractivity contribution in [3.05, 3.63) is 65.6 Å². The average molecular weight is 353 g/mol. The number of benzene rings is 2. The molecule has 0 N–H and O–H groups in total. The van der Waals surface area contributed by atoms with Crippen molar-refractivity contribution in [1.29, 1.82) is 0 Å². The van der Waals surface area contributed by atoms with E-state index < -0.39 is 0 Å². The molecule has 0 aliphatic heterocycles. The maximum Gasteiger partial charge on any atom is 0.260 e. The van der Waals surface area contributed by atoms with Crippen LogP contribution in [0.15, 0.2) is 47.2 Å². The topological polar surface area (TPSA) is 43.9 Å². The number of hydrogen-bond donors (Lipinski definition) is 0. The third kappa shape index (κ3) is 2.49. The van der Waals surface area contributed by atoms with Crippen molar-refractivity contribution in [3.63, 3.8) is 0 Å². The van der Waals surface area contributed by atoms with Crippen LogP contribution in [0.2, 0.25) is 0 Å². The van der Waals surface area contributed by atoms with Crippen LogP contribution < -0.4 is 0 Å². The number of fused-ring (bicyclic) bond motifs is 1. The van der Waals surface area contributed by atoms with Crippen molar-refractivity contribution in [1.82, 2.24) is 14.7 Å². The van der Waals surface area contributed by atoms with Crippen LogP contribution in [0, 0.1) is 18.6 Å². The normalized spacial score (nSPS) is 11.6. The van der Waals surface area contributed by atoms with E-state index in [9.17, 15) is 8.78 Å². The minimum absolute atomic E-state index is 0.0812. The number of halogens is 2. The van der Waals surface area contributed by atoms with Crippen LogP contribution in [0.25, 0.3) is 28.0 Å². The summed E-state index contributed by atoms with van der Waals surface area (Å²) in [5.74, 6) is -0.194. The zero-order valence-corrected chi connectivity index (χ0v) is 14.6. The molecule has 0 bridgehead atoms. The van der Waals surface area contributed by atoms with Gasteiger partial charge in [-0.3, -0.25) is 0 Å². The molecule has 4 rings (SSSR count). The first-order valence-corrected chi connectivity index (χ1v) is 8.34. The highest BCUT2D eigenvalue weighted by Crippen LogP contribution is 2.40. The lowest BCUT2D eigenvalue weighted by Crippen LogP contribution is -2.04. The minimum Gasteiger partial charge on any atom is -0.334 e. The molecule has 0 atom stereocenters. The maximum absolute atomic E-state index is 14.0. The molecule has 0 amide bonds. The molecule has 0 aliphatic carbocycles. The fourth-order valence-electron chi connectivity index (χ4n) is 3.38. The Balaban J connectivity index is 2.15. The molecule has 4 aromatic rings. The highest BCUT2D eigenvalue weighted by Gasteiger charge is 2.25. The first-order chi connectivity index (χ1) is 12.5. The molecule has 2 aromatic carbocycles. The van der Waals surface area contributed by atoms with Gasteiger partial charge < -0.3 is 9.09 Å². The van der Waals surface area contributed by atoms with Gasteiger partial charge in [-0.25, -0.2) is 8.78 Å². The molecule has 6 heteroatoms. The number of hydrogen-bond acceptors (Lipinski definition) is 3. The SMILES string of the molecule is Cc1cc(-n2c(C(C)C)c(-c3ncno3)c3cc(F)ccc32)ccc1F. The van der Waals surface area contributed by atoms with Gasteiger partial charge in [0, 0.05) is 16.8 Å². The molecule has 132 valence electrons. The summed E-state index contributed by atoms with van der Waals surface area (Å²) in [5, 5.41) is 4.38. The van der Waals surface area contributed by atoms with E-state index in [1.807, 2.05) is 18.4 Å². The molecule has 0 fully saturated rings. The summed E-state index contributed by atoms with van der Waals surface area (Å²) in [5.41, 5.74) is 3.75. The highest BCUT2D eigenvalue weighted by atomic mass is 19.1. The molecule has 0 radical (unpaired) electrons. The summed E-state index contributed by atoms with van der Waals surface area (Å²) >= 11 is 0. The number of aromatic nitrogens is 3. The smallest absolute Gasteiger partial charge is 0.260 e. The second-order valence-electron chi connectivity index (χ2n) is 6.59. The highest BCUT2D eigenvalue weighted by molar-refractivity contribution is 5.97. The lowest BCUT2D eigenvalue weighted by Gasteiger charge is -2.15. The molecular formula is C20H17F2N3O. The molecule has 0 unspecified atom stereocenters. The van der Waals surface area contributed by atoms with Crippen molar-refractivity contribution in [2.75, 3.05) is 0 Å². The van der Waals surface area contributed by atoms with Crippen LogP contribution in [0.4, 0.5) is 8.78 Å². The van der Waals surface area contributed by atoms with Gasteiger partial charge in [-0.1, -0.05) is 19.0 Å². The summed E-state index contributed by atoms with van der Waals surface area (Å²) in [6.07, 6.45) is 1.32. The van der Waals surface area contributed by atoms with Gasteiger partial charge in [-0.05, 0) is 54.8 Å². The Kier molecular flexibility index (Phi) is 3.83. The first-order valence-electron chi connectivity index (χ1n) is 8.34. The van der Waals surface area contributed by atoms with E-state index in [2.05, 4.69) is 10.1 Å². The van der Waals surface area contributed by atoms with E-state index in [-0.39, 0.29) is 17.6 Å². The summed E-state index contributed by atoms with van der Waals surface area (Å²) in [6, 6.07) is 9.53. The standard InChI is InChI=1S/C20H17F2N3O/c1-11(2)19-18(20-23-10-24-26-20)15-9-13(21)4-7-17(15)25(19)14-5-6-16(22)12(3)8-14/h4-11H,1-3H3. The second kappa shape index (κ2) is 6.05. The number of rotatable bonds is 3. The Morgan fingerprint density at radius 1 is 1.08 bits per heavy atom. The van der Waals surface area contributed by atoms with Gasteiger partial charge in [-0.15, -0.1) is 0 Å². The monoisotopic (exact) mass is 353 g/mol. The summed E-state index contributed by atoms with van der Waals surface area (Å²) in [4.78, 5) is 4.17. The van der Waals surface area contributed by atoms with Crippen molar-refractivity contribution in [2.45, 2.75) is 26.7 Å². The zero-order chi connectivity index (χ0) is 18.4. The predicted octanol–water partition coefficient (Wildman–Crippen LogP) is 5.39. The third-order valence-electron chi connectivity index (χ3n) is 4.49. The molecule has 0 saturated heterocycles. The van der Waals surface area contributed by atoms with Gasteiger partial charge in [0.05, 0.1) is 11.1 Å². The summed E-state index contributed by atoms with van der Waals surface area (Å²) in [6.45, 7) is 5.80. The second-order valence-corrected chi connectivity index (χ2v) is 6.59.